The summed E-state index contributed by atoms with van der Waals surface area (Å²) in [5.41, 5.74) is 1.38. The van der Waals surface area contributed by atoms with E-state index in [0.717, 1.165) is 27.4 Å². The maximum Gasteiger partial charge on any atom is 0.279 e. The number of fused-ring (bicyclic) bond motifs is 3. The Morgan fingerprint density at radius 2 is 1.65 bits per heavy atom. The van der Waals surface area contributed by atoms with Crippen molar-refractivity contribution in [2.45, 2.75) is 25.2 Å². The molecule has 0 aliphatic carbocycles. The van der Waals surface area contributed by atoms with Gasteiger partial charge in [-0.1, -0.05) is 55.5 Å². The van der Waals surface area contributed by atoms with Gasteiger partial charge in [0, 0.05) is 31.1 Å². The van der Waals surface area contributed by atoms with E-state index < -0.39 is 15.9 Å². The van der Waals surface area contributed by atoms with Crippen LogP contribution in [0.2, 0.25) is 0 Å². The third-order valence-electron chi connectivity index (χ3n) is 6.47. The number of rotatable bonds is 3. The van der Waals surface area contributed by atoms with Crippen molar-refractivity contribution in [2.24, 2.45) is 23.9 Å². The average Bonchev–Trinajstić information content (AvgIpc) is 3.14. The molecule has 1 aliphatic heterocycles. The standard InChI is InChI=1S/C26H27N3O3S2/c1-17-14-18(2)16-29(15-17)34(31,32)21-11-8-20(9-12-21)25(30)27-26-28(3)23-13-10-19-6-4-5-7-22(19)24(23)33-26/h4-13,17-18H,14-16H2,1-3H3/t17-,18-/m1/s1. The van der Waals surface area contributed by atoms with E-state index in [-0.39, 0.29) is 4.90 Å². The number of hydrogen-bond acceptors (Lipinski definition) is 4. The number of amides is 1. The molecule has 0 N–H and O–H groups in total. The highest BCUT2D eigenvalue weighted by atomic mass is 32.2. The second-order valence-corrected chi connectivity index (χ2v) is 12.2. The van der Waals surface area contributed by atoms with E-state index in [1.165, 1.54) is 23.5 Å². The van der Waals surface area contributed by atoms with E-state index in [9.17, 15) is 13.2 Å². The molecule has 6 nitrogen and oxygen atoms in total. The van der Waals surface area contributed by atoms with Crippen LogP contribution in [0.15, 0.2) is 70.6 Å². The molecule has 1 saturated heterocycles. The van der Waals surface area contributed by atoms with Crippen molar-refractivity contribution in [2.75, 3.05) is 13.1 Å². The van der Waals surface area contributed by atoms with Crippen LogP contribution in [0.1, 0.15) is 30.6 Å². The molecule has 4 aromatic rings. The van der Waals surface area contributed by atoms with E-state index >= 15 is 0 Å². The Kier molecular flexibility index (Phi) is 5.91. The summed E-state index contributed by atoms with van der Waals surface area (Å²) in [6.45, 7) is 5.22. The van der Waals surface area contributed by atoms with Crippen LogP contribution in [-0.2, 0) is 17.1 Å². The Balaban J connectivity index is 1.45. The molecule has 5 rings (SSSR count). The molecule has 8 heteroatoms. The molecular formula is C26H27N3O3S2. The van der Waals surface area contributed by atoms with Crippen LogP contribution in [0.25, 0.3) is 21.0 Å². The van der Waals surface area contributed by atoms with E-state index in [2.05, 4.69) is 37.0 Å². The Morgan fingerprint density at radius 3 is 2.35 bits per heavy atom. The molecule has 1 amide bonds. The normalized spacial score (nSPS) is 20.3. The number of thiazole rings is 1. The minimum Gasteiger partial charge on any atom is -0.319 e. The third kappa shape index (κ3) is 4.10. The van der Waals surface area contributed by atoms with Crippen molar-refractivity contribution in [3.05, 3.63) is 71.0 Å². The minimum atomic E-state index is -3.58. The SMILES string of the molecule is C[C@@H]1C[C@@H](C)CN(S(=O)(=O)c2ccc(C(=O)N=c3sc4c5ccccc5ccc4n3C)cc2)C1. The van der Waals surface area contributed by atoms with Crippen molar-refractivity contribution in [3.8, 4) is 0 Å². The smallest absolute Gasteiger partial charge is 0.279 e. The van der Waals surface area contributed by atoms with Gasteiger partial charge in [-0.2, -0.15) is 9.30 Å². The van der Waals surface area contributed by atoms with E-state index in [1.54, 1.807) is 16.4 Å². The molecule has 1 aliphatic rings. The molecule has 0 unspecified atom stereocenters. The van der Waals surface area contributed by atoms with Crippen LogP contribution >= 0.6 is 11.3 Å². The Hall–Kier alpha value is -2.81. The summed E-state index contributed by atoms with van der Waals surface area (Å²) in [5.74, 6) is 0.269. The lowest BCUT2D eigenvalue weighted by molar-refractivity contribution is 0.0998. The highest BCUT2D eigenvalue weighted by Gasteiger charge is 2.31. The maximum atomic E-state index is 13.1. The van der Waals surface area contributed by atoms with E-state index in [1.807, 2.05) is 29.8 Å². The Bertz CT molecular complexity index is 1560. The van der Waals surface area contributed by atoms with Crippen molar-refractivity contribution >= 4 is 48.3 Å². The molecule has 3 aromatic carbocycles. The topological polar surface area (TPSA) is 71.7 Å². The zero-order valence-electron chi connectivity index (χ0n) is 19.4. The van der Waals surface area contributed by atoms with Gasteiger partial charge in [0.2, 0.25) is 10.0 Å². The summed E-state index contributed by atoms with van der Waals surface area (Å²) >= 11 is 1.48. The first-order valence-electron chi connectivity index (χ1n) is 11.4. The van der Waals surface area contributed by atoms with Gasteiger partial charge in [0.15, 0.2) is 4.80 Å². The molecule has 34 heavy (non-hydrogen) atoms. The molecular weight excluding hydrogens is 466 g/mol. The van der Waals surface area contributed by atoms with Crippen LogP contribution in [0.3, 0.4) is 0 Å². The van der Waals surface area contributed by atoms with Gasteiger partial charge in [0.25, 0.3) is 5.91 Å². The number of aromatic nitrogens is 1. The predicted molar refractivity (Wildman–Crippen MR) is 136 cm³/mol. The van der Waals surface area contributed by atoms with Gasteiger partial charge in [0.1, 0.15) is 0 Å². The molecule has 1 fully saturated rings. The van der Waals surface area contributed by atoms with Crippen molar-refractivity contribution < 1.29 is 13.2 Å². The van der Waals surface area contributed by atoms with Gasteiger partial charge in [-0.3, -0.25) is 4.79 Å². The summed E-state index contributed by atoms with van der Waals surface area (Å²) in [4.78, 5) is 18.1. The largest absolute Gasteiger partial charge is 0.319 e. The second-order valence-electron chi connectivity index (χ2n) is 9.29. The van der Waals surface area contributed by atoms with Gasteiger partial charge >= 0.3 is 0 Å². The number of aryl methyl sites for hydroxylation is 1. The van der Waals surface area contributed by atoms with Crippen molar-refractivity contribution in [1.82, 2.24) is 8.87 Å². The van der Waals surface area contributed by atoms with E-state index in [0.29, 0.717) is 35.3 Å². The lowest BCUT2D eigenvalue weighted by Crippen LogP contribution is -2.42. The molecule has 2 atom stereocenters. The first kappa shape index (κ1) is 23.0. The molecule has 176 valence electrons. The first-order valence-corrected chi connectivity index (χ1v) is 13.7. The number of sulfonamides is 1. The Labute approximate surface area is 203 Å². The number of carbonyl (C=O) groups is 1. The quantitative estimate of drug-likeness (QED) is 0.412. The molecule has 0 bridgehead atoms. The molecule has 0 saturated carbocycles. The van der Waals surface area contributed by atoms with Crippen molar-refractivity contribution in [3.63, 3.8) is 0 Å². The fourth-order valence-electron chi connectivity index (χ4n) is 4.84. The van der Waals surface area contributed by atoms with Crippen LogP contribution in [-0.4, -0.2) is 36.3 Å². The zero-order valence-corrected chi connectivity index (χ0v) is 21.1. The second kappa shape index (κ2) is 8.76. The minimum absolute atomic E-state index is 0.212. The number of carbonyl (C=O) groups excluding carboxylic acids is 1. The lowest BCUT2D eigenvalue weighted by Gasteiger charge is -2.34. The van der Waals surface area contributed by atoms with E-state index in [4.69, 9.17) is 0 Å². The van der Waals surface area contributed by atoms with Gasteiger partial charge < -0.3 is 4.57 Å². The fraction of sp³-hybridized carbons (Fsp3) is 0.308. The van der Waals surface area contributed by atoms with Gasteiger partial charge in [-0.25, -0.2) is 8.42 Å². The van der Waals surface area contributed by atoms with Gasteiger partial charge in [0.05, 0.1) is 15.1 Å². The first-order chi connectivity index (χ1) is 16.2. The monoisotopic (exact) mass is 493 g/mol. The highest BCUT2D eigenvalue weighted by Crippen LogP contribution is 2.28. The summed E-state index contributed by atoms with van der Waals surface area (Å²) in [7, 11) is -1.69. The maximum absolute atomic E-state index is 13.1. The average molecular weight is 494 g/mol. The molecule has 2 heterocycles. The highest BCUT2D eigenvalue weighted by molar-refractivity contribution is 7.89. The lowest BCUT2D eigenvalue weighted by atomic mass is 9.94. The molecule has 0 radical (unpaired) electrons. The van der Waals surface area contributed by atoms with Gasteiger partial charge in [-0.15, -0.1) is 0 Å². The fourth-order valence-corrected chi connectivity index (χ4v) is 7.67. The summed E-state index contributed by atoms with van der Waals surface area (Å²) in [6.07, 6.45) is 1.03. The van der Waals surface area contributed by atoms with Crippen LogP contribution in [0.5, 0.6) is 0 Å². The van der Waals surface area contributed by atoms with Crippen molar-refractivity contribution in [1.29, 1.82) is 0 Å². The van der Waals surface area contributed by atoms with Crippen LogP contribution in [0.4, 0.5) is 0 Å². The summed E-state index contributed by atoms with van der Waals surface area (Å²) in [5, 5.41) is 2.27. The zero-order chi connectivity index (χ0) is 24.0. The summed E-state index contributed by atoms with van der Waals surface area (Å²) in [6, 6.07) is 18.4. The number of piperidine rings is 1. The Morgan fingerprint density at radius 1 is 0.971 bits per heavy atom. The van der Waals surface area contributed by atoms with Crippen LogP contribution in [0, 0.1) is 11.8 Å². The van der Waals surface area contributed by atoms with Gasteiger partial charge in [-0.05, 0) is 54.0 Å². The third-order valence-corrected chi connectivity index (χ3v) is 9.50. The predicted octanol–water partition coefficient (Wildman–Crippen LogP) is 4.80. The number of hydrogen-bond donors (Lipinski definition) is 0. The molecule has 0 spiro atoms. The molecule has 1 aromatic heterocycles. The van der Waals surface area contributed by atoms with Crippen LogP contribution < -0.4 is 4.80 Å². The summed E-state index contributed by atoms with van der Waals surface area (Å²) < 4.78 is 30.8. The number of benzene rings is 3. The number of nitrogens with zero attached hydrogens (tertiary/aromatic N) is 3.